The van der Waals surface area contributed by atoms with Gasteiger partial charge in [0.1, 0.15) is 4.67 Å². The first kappa shape index (κ1) is 14.3. The average molecular weight is 310 g/mol. The van der Waals surface area contributed by atoms with Crippen molar-refractivity contribution in [2.24, 2.45) is 4.99 Å². The van der Waals surface area contributed by atoms with Gasteiger partial charge in [-0.3, -0.25) is 9.79 Å². The Morgan fingerprint density at radius 3 is 2.68 bits per heavy atom. The number of amides is 1. The van der Waals surface area contributed by atoms with E-state index in [1.807, 2.05) is 24.3 Å². The Balaban J connectivity index is 2.03. The molecule has 0 bridgehead atoms. The first-order valence-electron chi connectivity index (χ1n) is 5.69. The molecule has 1 aromatic carbocycles. The zero-order chi connectivity index (χ0) is 13.7. The summed E-state index contributed by atoms with van der Waals surface area (Å²) in [5, 5.41) is 0.0451. The number of hydrogen-bond acceptors (Lipinski definition) is 5. The van der Waals surface area contributed by atoms with Crippen LogP contribution in [0.4, 0.5) is 4.79 Å². The lowest BCUT2D eigenvalue weighted by atomic mass is 10.2. The van der Waals surface area contributed by atoms with Crippen molar-refractivity contribution in [3.05, 3.63) is 46.6 Å². The molecule has 0 unspecified atom stereocenters. The number of carbonyl (C=O) groups is 1. The van der Waals surface area contributed by atoms with Crippen molar-refractivity contribution in [2.45, 2.75) is 10.8 Å². The lowest BCUT2D eigenvalue weighted by molar-refractivity contribution is 0.241. The fourth-order valence-corrected chi connectivity index (χ4v) is 4.48. The molecule has 0 saturated heterocycles. The summed E-state index contributed by atoms with van der Waals surface area (Å²) < 4.78 is 1.97. The van der Waals surface area contributed by atoms with E-state index in [1.165, 1.54) is 17.3 Å². The topological polar surface area (TPSA) is 32.7 Å². The fraction of sp³-hybridized carbons (Fsp3) is 0.231. The smallest absolute Gasteiger partial charge is 0.286 e. The van der Waals surface area contributed by atoms with Crippen molar-refractivity contribution in [3.8, 4) is 0 Å². The van der Waals surface area contributed by atoms with Gasteiger partial charge in [0.05, 0.1) is 10.8 Å². The van der Waals surface area contributed by atoms with Crippen molar-refractivity contribution in [1.82, 2.24) is 4.90 Å². The highest BCUT2D eigenvalue weighted by Gasteiger charge is 2.08. The average Bonchev–Trinajstić information content (AvgIpc) is 2.85. The number of thioether (sulfide) groups is 1. The SMILES string of the molecule is CN(C)C(=O)Sc1cc(=NCc2ccccc2)ss1. The van der Waals surface area contributed by atoms with Crippen molar-refractivity contribution in [1.29, 1.82) is 0 Å². The van der Waals surface area contributed by atoms with Crippen LogP contribution in [0.25, 0.3) is 0 Å². The molecule has 2 rings (SSSR count). The van der Waals surface area contributed by atoms with Gasteiger partial charge in [0.15, 0.2) is 0 Å². The van der Waals surface area contributed by atoms with Gasteiger partial charge in [-0.05, 0) is 23.4 Å². The maximum absolute atomic E-state index is 11.6. The summed E-state index contributed by atoms with van der Waals surface area (Å²) in [7, 11) is 6.71. The van der Waals surface area contributed by atoms with Crippen LogP contribution in [-0.2, 0) is 6.54 Å². The van der Waals surface area contributed by atoms with E-state index in [0.29, 0.717) is 6.54 Å². The summed E-state index contributed by atoms with van der Waals surface area (Å²) in [6.45, 7) is 0.680. The van der Waals surface area contributed by atoms with Crippen LogP contribution in [0.5, 0.6) is 0 Å². The number of carbonyl (C=O) groups excluding carboxylic acids is 1. The zero-order valence-electron chi connectivity index (χ0n) is 10.7. The molecule has 0 aliphatic carbocycles. The summed E-state index contributed by atoms with van der Waals surface area (Å²) in [6, 6.07) is 12.1. The summed E-state index contributed by atoms with van der Waals surface area (Å²) in [6.07, 6.45) is 0. The Kier molecular flexibility index (Phi) is 5.18. The van der Waals surface area contributed by atoms with Gasteiger partial charge in [-0.15, -0.1) is 0 Å². The fourth-order valence-electron chi connectivity index (χ4n) is 1.28. The standard InChI is InChI=1S/C13H14N2OS3/c1-15(2)13(16)17-12-8-11(18-19-12)14-9-10-6-4-3-5-7-10/h3-8H,9H2,1-2H3. The molecular weight excluding hydrogens is 296 g/mol. The lowest BCUT2D eigenvalue weighted by Crippen LogP contribution is -2.15. The second kappa shape index (κ2) is 6.88. The molecule has 0 radical (unpaired) electrons. The molecule has 1 amide bonds. The summed E-state index contributed by atoms with van der Waals surface area (Å²) in [5.74, 6) is 0. The predicted octanol–water partition coefficient (Wildman–Crippen LogP) is 3.68. The Hall–Kier alpha value is -1.11. The number of nitrogens with zero attached hydrogens (tertiary/aromatic N) is 2. The van der Waals surface area contributed by atoms with Gasteiger partial charge in [-0.2, -0.15) is 0 Å². The Bertz CT molecular complexity index is 602. The van der Waals surface area contributed by atoms with Crippen molar-refractivity contribution >= 4 is 37.7 Å². The summed E-state index contributed by atoms with van der Waals surface area (Å²) in [5.41, 5.74) is 1.19. The van der Waals surface area contributed by atoms with E-state index in [-0.39, 0.29) is 5.24 Å². The van der Waals surface area contributed by atoms with Crippen molar-refractivity contribution in [3.63, 3.8) is 0 Å². The van der Waals surface area contributed by atoms with E-state index in [2.05, 4.69) is 17.1 Å². The Morgan fingerprint density at radius 1 is 1.26 bits per heavy atom. The van der Waals surface area contributed by atoms with Crippen molar-refractivity contribution < 1.29 is 4.79 Å². The molecule has 0 fully saturated rings. The second-order valence-corrected chi connectivity index (χ2v) is 7.48. The number of rotatable bonds is 3. The monoisotopic (exact) mass is 310 g/mol. The van der Waals surface area contributed by atoms with Gasteiger partial charge in [0.2, 0.25) is 0 Å². The molecule has 100 valence electrons. The van der Waals surface area contributed by atoms with Crippen LogP contribution in [0.15, 0.2) is 45.6 Å². The third-order valence-corrected chi connectivity index (χ3v) is 6.02. The largest absolute Gasteiger partial charge is 0.339 e. The lowest BCUT2D eigenvalue weighted by Gasteiger charge is -2.06. The van der Waals surface area contributed by atoms with Gasteiger partial charge in [-0.25, -0.2) is 0 Å². The van der Waals surface area contributed by atoms with Crippen LogP contribution in [-0.4, -0.2) is 24.2 Å². The molecule has 0 aliphatic heterocycles. The summed E-state index contributed by atoms with van der Waals surface area (Å²) >= 11 is 1.25. The molecule has 6 heteroatoms. The van der Waals surface area contributed by atoms with Crippen LogP contribution < -0.4 is 4.67 Å². The maximum Gasteiger partial charge on any atom is 0.286 e. The molecular formula is C13H14N2OS3. The van der Waals surface area contributed by atoms with E-state index in [9.17, 15) is 4.79 Å². The van der Waals surface area contributed by atoms with Gasteiger partial charge < -0.3 is 4.90 Å². The van der Waals surface area contributed by atoms with Crippen LogP contribution in [0.2, 0.25) is 0 Å². The zero-order valence-corrected chi connectivity index (χ0v) is 13.1. The molecule has 3 nitrogen and oxygen atoms in total. The third kappa shape index (κ3) is 4.49. The minimum atomic E-state index is 0.0451. The number of hydrogen-bond donors (Lipinski definition) is 0. The van der Waals surface area contributed by atoms with E-state index in [1.54, 1.807) is 39.7 Å². The minimum absolute atomic E-state index is 0.0451. The van der Waals surface area contributed by atoms with E-state index < -0.39 is 0 Å². The van der Waals surface area contributed by atoms with Gasteiger partial charge >= 0.3 is 0 Å². The van der Waals surface area contributed by atoms with Crippen LogP contribution >= 0.6 is 32.4 Å². The van der Waals surface area contributed by atoms with Gasteiger partial charge in [0.25, 0.3) is 5.24 Å². The van der Waals surface area contributed by atoms with E-state index in [4.69, 9.17) is 0 Å². The van der Waals surface area contributed by atoms with Crippen LogP contribution in [0.3, 0.4) is 0 Å². The molecule has 0 saturated carbocycles. The first-order valence-corrected chi connectivity index (χ1v) is 8.65. The Morgan fingerprint density at radius 2 is 2.00 bits per heavy atom. The van der Waals surface area contributed by atoms with Crippen molar-refractivity contribution in [2.75, 3.05) is 14.1 Å². The molecule has 0 spiro atoms. The van der Waals surface area contributed by atoms with E-state index in [0.717, 1.165) is 8.88 Å². The second-order valence-electron chi connectivity index (χ2n) is 4.03. The minimum Gasteiger partial charge on any atom is -0.339 e. The molecule has 19 heavy (non-hydrogen) atoms. The normalized spacial score (nSPS) is 11.6. The first-order chi connectivity index (χ1) is 9.15. The summed E-state index contributed by atoms with van der Waals surface area (Å²) in [4.78, 5) is 17.7. The van der Waals surface area contributed by atoms with Gasteiger partial charge in [-0.1, -0.05) is 51.0 Å². The van der Waals surface area contributed by atoms with Gasteiger partial charge in [0, 0.05) is 14.1 Å². The highest BCUT2D eigenvalue weighted by atomic mass is 32.9. The predicted molar refractivity (Wildman–Crippen MR) is 82.8 cm³/mol. The molecule has 1 aromatic heterocycles. The molecule has 0 atom stereocenters. The highest BCUT2D eigenvalue weighted by Crippen LogP contribution is 2.25. The molecule has 1 heterocycles. The Labute approximate surface area is 124 Å². The highest BCUT2D eigenvalue weighted by molar-refractivity contribution is 8.15. The van der Waals surface area contributed by atoms with Crippen LogP contribution in [0, 0.1) is 0 Å². The maximum atomic E-state index is 11.6. The number of benzene rings is 1. The third-order valence-electron chi connectivity index (χ3n) is 2.26. The molecule has 0 N–H and O–H groups in total. The molecule has 2 aromatic rings. The van der Waals surface area contributed by atoms with Crippen LogP contribution in [0.1, 0.15) is 5.56 Å². The molecule has 0 aliphatic rings. The quantitative estimate of drug-likeness (QED) is 0.640. The van der Waals surface area contributed by atoms with E-state index >= 15 is 0 Å².